The largest absolute Gasteiger partial charge is 0.508 e. The lowest BCUT2D eigenvalue weighted by Gasteiger charge is -2.34. The number of aliphatic hydroxyl groups excluding tert-OH is 2. The monoisotopic (exact) mass is 337 g/mol. The molecule has 8 nitrogen and oxygen atoms in total. The van der Waals surface area contributed by atoms with Gasteiger partial charge in [0.25, 0.3) is 0 Å². The molecule has 2 atom stereocenters. The SMILES string of the molecule is COC1([N+](=O)[O-])C=C(C(O)C(C)(C)Cc2nccn2C)C(O)=CC1. The molecular weight excluding hydrogens is 314 g/mol. The van der Waals surface area contributed by atoms with Gasteiger partial charge in [-0.05, 0) is 6.08 Å². The average Bonchev–Trinajstić information content (AvgIpc) is 2.91. The molecular formula is C16H23N3O5. The van der Waals surface area contributed by atoms with Crippen molar-refractivity contribution in [1.29, 1.82) is 0 Å². The quantitative estimate of drug-likeness (QED) is 0.465. The second-order valence-corrected chi connectivity index (χ2v) is 6.72. The lowest BCUT2D eigenvalue weighted by molar-refractivity contribution is -0.610. The van der Waals surface area contributed by atoms with Crippen molar-refractivity contribution < 1.29 is 19.9 Å². The van der Waals surface area contributed by atoms with Crippen molar-refractivity contribution in [2.75, 3.05) is 7.11 Å². The standard InChI is InChI=1S/C16H23N3O5/c1-15(2,10-13-17-7-8-18(13)3)14(21)11-9-16(24-4,19(22)23)6-5-12(11)20/h5,7-9,14,20-21H,6,10H2,1-4H3. The molecule has 0 bridgehead atoms. The highest BCUT2D eigenvalue weighted by Crippen LogP contribution is 2.37. The van der Waals surface area contributed by atoms with Crippen LogP contribution in [0, 0.1) is 15.5 Å². The zero-order valence-corrected chi connectivity index (χ0v) is 14.3. The number of methoxy groups -OCH3 is 1. The van der Waals surface area contributed by atoms with E-state index in [9.17, 15) is 20.3 Å². The first-order valence-electron chi connectivity index (χ1n) is 7.59. The number of rotatable bonds is 6. The third kappa shape index (κ3) is 3.20. The first-order valence-corrected chi connectivity index (χ1v) is 7.59. The van der Waals surface area contributed by atoms with E-state index in [1.165, 1.54) is 19.3 Å². The lowest BCUT2D eigenvalue weighted by atomic mass is 9.77. The minimum Gasteiger partial charge on any atom is -0.508 e. The van der Waals surface area contributed by atoms with Gasteiger partial charge in [0, 0.05) is 50.0 Å². The van der Waals surface area contributed by atoms with Gasteiger partial charge in [-0.3, -0.25) is 10.1 Å². The number of nitrogens with zero attached hydrogens (tertiary/aromatic N) is 3. The Bertz CT molecular complexity index is 692. The fourth-order valence-electron chi connectivity index (χ4n) is 2.79. The molecule has 24 heavy (non-hydrogen) atoms. The van der Waals surface area contributed by atoms with Gasteiger partial charge >= 0.3 is 5.72 Å². The average molecular weight is 337 g/mol. The maximum atomic E-state index is 11.4. The summed E-state index contributed by atoms with van der Waals surface area (Å²) in [6, 6.07) is 0. The Morgan fingerprint density at radius 2 is 2.25 bits per heavy atom. The van der Waals surface area contributed by atoms with Crippen LogP contribution < -0.4 is 0 Å². The Hall–Kier alpha value is -2.19. The maximum absolute atomic E-state index is 11.4. The molecule has 0 aliphatic heterocycles. The molecule has 2 rings (SSSR count). The molecule has 1 aromatic heterocycles. The predicted molar refractivity (Wildman–Crippen MR) is 86.8 cm³/mol. The Balaban J connectivity index is 2.35. The number of aliphatic hydroxyl groups is 2. The van der Waals surface area contributed by atoms with Crippen LogP contribution in [0.3, 0.4) is 0 Å². The van der Waals surface area contributed by atoms with E-state index in [4.69, 9.17) is 4.74 Å². The second kappa shape index (κ2) is 6.37. The van der Waals surface area contributed by atoms with E-state index in [-0.39, 0.29) is 17.8 Å². The predicted octanol–water partition coefficient (Wildman–Crippen LogP) is 1.74. The van der Waals surface area contributed by atoms with Gasteiger partial charge in [0.05, 0.1) is 17.4 Å². The summed E-state index contributed by atoms with van der Waals surface area (Å²) in [4.78, 5) is 15.0. The number of ether oxygens (including phenoxy) is 1. The Morgan fingerprint density at radius 3 is 2.75 bits per heavy atom. The van der Waals surface area contributed by atoms with Crippen molar-refractivity contribution >= 4 is 0 Å². The van der Waals surface area contributed by atoms with E-state index in [1.54, 1.807) is 12.4 Å². The molecule has 0 radical (unpaired) electrons. The fraction of sp³-hybridized carbons (Fsp3) is 0.562. The fourth-order valence-corrected chi connectivity index (χ4v) is 2.79. The molecule has 2 unspecified atom stereocenters. The summed E-state index contributed by atoms with van der Waals surface area (Å²) < 4.78 is 6.89. The van der Waals surface area contributed by atoms with E-state index >= 15 is 0 Å². The van der Waals surface area contributed by atoms with Crippen LogP contribution in [0.1, 0.15) is 26.1 Å². The van der Waals surface area contributed by atoms with Gasteiger partial charge in [0.2, 0.25) is 0 Å². The Labute approximate surface area is 140 Å². The molecule has 0 aromatic carbocycles. The molecule has 0 amide bonds. The van der Waals surface area contributed by atoms with E-state index in [0.717, 1.165) is 5.82 Å². The molecule has 0 spiro atoms. The molecule has 2 N–H and O–H groups in total. The molecule has 8 heteroatoms. The number of aromatic nitrogens is 2. The van der Waals surface area contributed by atoms with Crippen molar-refractivity contribution in [2.24, 2.45) is 12.5 Å². The highest BCUT2D eigenvalue weighted by atomic mass is 16.7. The summed E-state index contributed by atoms with van der Waals surface area (Å²) in [5.74, 6) is 0.608. The number of nitro groups is 1. The highest BCUT2D eigenvalue weighted by molar-refractivity contribution is 5.36. The molecule has 1 heterocycles. The number of hydrogen-bond acceptors (Lipinski definition) is 6. The summed E-state index contributed by atoms with van der Waals surface area (Å²) in [5, 5.41) is 32.3. The van der Waals surface area contributed by atoms with Crippen LogP contribution in [0.15, 0.2) is 35.9 Å². The molecule has 0 fully saturated rings. The molecule has 0 saturated carbocycles. The van der Waals surface area contributed by atoms with Crippen LogP contribution in [0.2, 0.25) is 0 Å². The summed E-state index contributed by atoms with van der Waals surface area (Å²) in [5.41, 5.74) is -2.39. The number of imidazole rings is 1. The van der Waals surface area contributed by atoms with Crippen molar-refractivity contribution in [3.8, 4) is 0 Å². The molecule has 1 aliphatic rings. The van der Waals surface area contributed by atoms with Gasteiger partial charge in [-0.15, -0.1) is 0 Å². The minimum atomic E-state index is -1.78. The van der Waals surface area contributed by atoms with Crippen LogP contribution >= 0.6 is 0 Å². The van der Waals surface area contributed by atoms with Crippen LogP contribution in [-0.2, 0) is 18.2 Å². The van der Waals surface area contributed by atoms with Crippen LogP contribution in [0.25, 0.3) is 0 Å². The van der Waals surface area contributed by atoms with Crippen molar-refractivity contribution in [1.82, 2.24) is 9.55 Å². The normalized spacial score (nSPS) is 22.7. The molecule has 132 valence electrons. The van der Waals surface area contributed by atoms with Gasteiger partial charge in [-0.1, -0.05) is 13.8 Å². The topological polar surface area (TPSA) is 111 Å². The Morgan fingerprint density at radius 1 is 1.58 bits per heavy atom. The molecule has 0 saturated heterocycles. The zero-order chi connectivity index (χ0) is 18.1. The maximum Gasteiger partial charge on any atom is 0.348 e. The summed E-state index contributed by atoms with van der Waals surface area (Å²) in [7, 11) is 3.09. The van der Waals surface area contributed by atoms with Crippen molar-refractivity contribution in [2.45, 2.75) is 38.5 Å². The summed E-state index contributed by atoms with van der Waals surface area (Å²) in [6.45, 7) is 3.63. The smallest absolute Gasteiger partial charge is 0.348 e. The Kier molecular flexibility index (Phi) is 4.82. The summed E-state index contributed by atoms with van der Waals surface area (Å²) >= 11 is 0. The van der Waals surface area contributed by atoms with Crippen molar-refractivity contribution in [3.63, 3.8) is 0 Å². The highest BCUT2D eigenvalue weighted by Gasteiger charge is 2.46. The van der Waals surface area contributed by atoms with E-state index in [2.05, 4.69) is 4.98 Å². The van der Waals surface area contributed by atoms with Gasteiger partial charge in [-0.2, -0.15) is 0 Å². The third-order valence-electron chi connectivity index (χ3n) is 4.50. The van der Waals surface area contributed by atoms with Crippen LogP contribution in [0.5, 0.6) is 0 Å². The minimum absolute atomic E-state index is 0.0963. The van der Waals surface area contributed by atoms with Gasteiger partial charge in [0.1, 0.15) is 11.6 Å². The van der Waals surface area contributed by atoms with E-state index < -0.39 is 22.2 Å². The van der Waals surface area contributed by atoms with Gasteiger partial charge in [-0.25, -0.2) is 4.98 Å². The first kappa shape index (κ1) is 18.2. The number of aryl methyl sites for hydroxylation is 1. The summed E-state index contributed by atoms with van der Waals surface area (Å²) in [6.07, 6.45) is 5.18. The molecule has 1 aliphatic carbocycles. The van der Waals surface area contributed by atoms with Gasteiger partial charge in [0.15, 0.2) is 0 Å². The van der Waals surface area contributed by atoms with Crippen LogP contribution in [0.4, 0.5) is 0 Å². The number of hydrogen-bond donors (Lipinski definition) is 2. The first-order chi connectivity index (χ1) is 11.1. The third-order valence-corrected chi connectivity index (χ3v) is 4.50. The second-order valence-electron chi connectivity index (χ2n) is 6.72. The molecule has 1 aromatic rings. The van der Waals surface area contributed by atoms with Crippen LogP contribution in [-0.4, -0.2) is 43.6 Å². The zero-order valence-electron chi connectivity index (χ0n) is 14.3. The lowest BCUT2D eigenvalue weighted by Crippen LogP contribution is -2.43. The van der Waals surface area contributed by atoms with Gasteiger partial charge < -0.3 is 19.5 Å². The van der Waals surface area contributed by atoms with E-state index in [1.807, 2.05) is 25.5 Å². The van der Waals surface area contributed by atoms with E-state index in [0.29, 0.717) is 6.42 Å². The van der Waals surface area contributed by atoms with Crippen molar-refractivity contribution in [3.05, 3.63) is 51.8 Å².